The molecule has 1 aromatic heterocycles. The van der Waals surface area contributed by atoms with Crippen LogP contribution in [-0.4, -0.2) is 35.0 Å². The van der Waals surface area contributed by atoms with Gasteiger partial charge in [-0.05, 0) is 27.7 Å². The molecule has 1 amide bonds. The maximum Gasteiger partial charge on any atom is 0.270 e. The smallest absolute Gasteiger partial charge is 0.270 e. The van der Waals surface area contributed by atoms with Crippen molar-refractivity contribution in [1.29, 1.82) is 0 Å². The quantitative estimate of drug-likeness (QED) is 0.841. The van der Waals surface area contributed by atoms with E-state index in [1.807, 2.05) is 13.8 Å². The Morgan fingerprint density at radius 1 is 1.35 bits per heavy atom. The van der Waals surface area contributed by atoms with E-state index in [4.69, 9.17) is 0 Å². The molecule has 0 saturated carbocycles. The van der Waals surface area contributed by atoms with Crippen LogP contribution in [0.5, 0.6) is 0 Å². The molecule has 0 spiro atoms. The zero-order valence-electron chi connectivity index (χ0n) is 10.9. The molecule has 0 fully saturated rings. The summed E-state index contributed by atoms with van der Waals surface area (Å²) >= 11 is 0. The Morgan fingerprint density at radius 2 is 2.00 bits per heavy atom. The van der Waals surface area contributed by atoms with Crippen molar-refractivity contribution in [3.05, 3.63) is 18.1 Å². The van der Waals surface area contributed by atoms with Crippen LogP contribution in [0.1, 0.15) is 38.2 Å². The summed E-state index contributed by atoms with van der Waals surface area (Å²) in [6, 6.07) is 1.83. The topological polar surface area (TPSA) is 58.1 Å². The van der Waals surface area contributed by atoms with E-state index in [0.29, 0.717) is 5.69 Å². The number of hydrogen-bond donors (Lipinski definition) is 1. The Morgan fingerprint density at radius 3 is 2.53 bits per heavy atom. The second-order valence-electron chi connectivity index (χ2n) is 4.06. The summed E-state index contributed by atoms with van der Waals surface area (Å²) in [5.74, 6) is 0.634. The Kier molecular flexibility index (Phi) is 4.87. The van der Waals surface area contributed by atoms with Gasteiger partial charge >= 0.3 is 0 Å². The van der Waals surface area contributed by atoms with E-state index in [0.717, 1.165) is 18.9 Å². The number of rotatable bonds is 5. The summed E-state index contributed by atoms with van der Waals surface area (Å²) in [6.07, 6.45) is 1.43. The van der Waals surface area contributed by atoms with Crippen LogP contribution in [0.15, 0.2) is 12.4 Å². The van der Waals surface area contributed by atoms with Crippen LogP contribution in [0.4, 0.5) is 5.82 Å². The lowest BCUT2D eigenvalue weighted by molar-refractivity contribution is 0.0938. The lowest BCUT2D eigenvalue weighted by Gasteiger charge is -2.19. The molecule has 0 aromatic carbocycles. The van der Waals surface area contributed by atoms with E-state index in [1.54, 1.807) is 6.07 Å². The Labute approximate surface area is 102 Å². The first-order valence-corrected chi connectivity index (χ1v) is 5.96. The highest BCUT2D eigenvalue weighted by Crippen LogP contribution is 2.10. The zero-order chi connectivity index (χ0) is 12.8. The Hall–Kier alpha value is -1.65. The van der Waals surface area contributed by atoms with Gasteiger partial charge in [-0.15, -0.1) is 0 Å². The Bertz CT molecular complexity index is 375. The second-order valence-corrected chi connectivity index (χ2v) is 4.06. The summed E-state index contributed by atoms with van der Waals surface area (Å²) in [5.41, 5.74) is 0.413. The number of amides is 1. The van der Waals surface area contributed by atoms with Gasteiger partial charge in [0.05, 0.1) is 0 Å². The van der Waals surface area contributed by atoms with Crippen molar-refractivity contribution >= 4 is 11.7 Å². The standard InChI is InChI=1S/C12H20N4O/c1-5-16(6-2)11-7-10(13-8-14-11)12(17)15-9(3)4/h7-9H,5-6H2,1-4H3,(H,15,17). The fourth-order valence-electron chi connectivity index (χ4n) is 1.53. The summed E-state index contributed by atoms with van der Waals surface area (Å²) < 4.78 is 0. The third-order valence-corrected chi connectivity index (χ3v) is 2.39. The molecular weight excluding hydrogens is 216 g/mol. The first-order valence-electron chi connectivity index (χ1n) is 5.96. The minimum absolute atomic E-state index is 0.106. The van der Waals surface area contributed by atoms with Crippen LogP contribution in [-0.2, 0) is 0 Å². The van der Waals surface area contributed by atoms with Crippen LogP contribution in [0.2, 0.25) is 0 Å². The van der Waals surface area contributed by atoms with E-state index in [2.05, 4.69) is 34.0 Å². The normalized spacial score (nSPS) is 10.4. The number of nitrogens with one attached hydrogen (secondary N) is 1. The maximum absolute atomic E-state index is 11.8. The first kappa shape index (κ1) is 13.4. The van der Waals surface area contributed by atoms with Gasteiger partial charge in [-0.25, -0.2) is 9.97 Å². The molecule has 0 saturated heterocycles. The molecule has 1 rings (SSSR count). The number of hydrogen-bond acceptors (Lipinski definition) is 4. The van der Waals surface area contributed by atoms with Gasteiger partial charge in [0.2, 0.25) is 0 Å². The van der Waals surface area contributed by atoms with Crippen molar-refractivity contribution in [2.24, 2.45) is 0 Å². The van der Waals surface area contributed by atoms with Crippen LogP contribution in [0.25, 0.3) is 0 Å². The van der Waals surface area contributed by atoms with Gasteiger partial charge < -0.3 is 10.2 Å². The summed E-state index contributed by atoms with van der Waals surface area (Å²) in [6.45, 7) is 9.67. The molecule has 0 atom stereocenters. The molecule has 0 aliphatic rings. The lowest BCUT2D eigenvalue weighted by atomic mass is 10.3. The van der Waals surface area contributed by atoms with Crippen molar-refractivity contribution in [2.45, 2.75) is 33.7 Å². The van der Waals surface area contributed by atoms with Crippen molar-refractivity contribution in [2.75, 3.05) is 18.0 Å². The molecule has 0 bridgehead atoms. The highest BCUT2D eigenvalue weighted by Gasteiger charge is 2.11. The third-order valence-electron chi connectivity index (χ3n) is 2.39. The molecule has 0 aliphatic carbocycles. The number of nitrogens with zero attached hydrogens (tertiary/aromatic N) is 3. The summed E-state index contributed by atoms with van der Waals surface area (Å²) in [7, 11) is 0. The van der Waals surface area contributed by atoms with Gasteiger partial charge in [0.25, 0.3) is 5.91 Å². The van der Waals surface area contributed by atoms with Gasteiger partial charge in [-0.2, -0.15) is 0 Å². The van der Waals surface area contributed by atoms with Gasteiger partial charge in [-0.1, -0.05) is 0 Å². The molecule has 94 valence electrons. The van der Waals surface area contributed by atoms with Crippen LogP contribution in [0.3, 0.4) is 0 Å². The van der Waals surface area contributed by atoms with Crippen LogP contribution < -0.4 is 10.2 Å². The monoisotopic (exact) mass is 236 g/mol. The van der Waals surface area contributed by atoms with Gasteiger partial charge in [-0.3, -0.25) is 4.79 Å². The van der Waals surface area contributed by atoms with E-state index in [-0.39, 0.29) is 11.9 Å². The molecule has 5 nitrogen and oxygen atoms in total. The van der Waals surface area contributed by atoms with Gasteiger partial charge in [0, 0.05) is 25.2 Å². The molecule has 1 N–H and O–H groups in total. The molecule has 0 aliphatic heterocycles. The highest BCUT2D eigenvalue weighted by molar-refractivity contribution is 5.93. The SMILES string of the molecule is CCN(CC)c1cc(C(=O)NC(C)C)ncn1. The highest BCUT2D eigenvalue weighted by atomic mass is 16.1. The molecular formula is C12H20N4O. The second kappa shape index (κ2) is 6.18. The van der Waals surface area contributed by atoms with Crippen molar-refractivity contribution in [3.8, 4) is 0 Å². The summed E-state index contributed by atoms with van der Waals surface area (Å²) in [4.78, 5) is 22.0. The molecule has 1 aromatic rings. The first-order chi connectivity index (χ1) is 8.08. The van der Waals surface area contributed by atoms with Crippen molar-refractivity contribution in [1.82, 2.24) is 15.3 Å². The molecule has 5 heteroatoms. The van der Waals surface area contributed by atoms with Crippen LogP contribution in [0, 0.1) is 0 Å². The van der Waals surface area contributed by atoms with Crippen molar-refractivity contribution < 1.29 is 4.79 Å². The fraction of sp³-hybridized carbons (Fsp3) is 0.583. The van der Waals surface area contributed by atoms with Gasteiger partial charge in [0.1, 0.15) is 17.8 Å². The van der Waals surface area contributed by atoms with Crippen LogP contribution >= 0.6 is 0 Å². The third kappa shape index (κ3) is 3.69. The molecule has 0 unspecified atom stereocenters. The Balaban J connectivity index is 2.88. The molecule has 1 heterocycles. The number of anilines is 1. The van der Waals surface area contributed by atoms with E-state index in [1.165, 1.54) is 6.33 Å². The number of carbonyl (C=O) groups is 1. The fourth-order valence-corrected chi connectivity index (χ4v) is 1.53. The largest absolute Gasteiger partial charge is 0.357 e. The minimum atomic E-state index is -0.157. The molecule has 17 heavy (non-hydrogen) atoms. The zero-order valence-corrected chi connectivity index (χ0v) is 10.9. The minimum Gasteiger partial charge on any atom is -0.357 e. The van der Waals surface area contributed by atoms with E-state index >= 15 is 0 Å². The lowest BCUT2D eigenvalue weighted by Crippen LogP contribution is -2.31. The number of carbonyl (C=O) groups excluding carboxylic acids is 1. The average Bonchev–Trinajstić information content (AvgIpc) is 2.30. The predicted octanol–water partition coefficient (Wildman–Crippen LogP) is 1.46. The predicted molar refractivity (Wildman–Crippen MR) is 68.2 cm³/mol. The van der Waals surface area contributed by atoms with Crippen molar-refractivity contribution in [3.63, 3.8) is 0 Å². The maximum atomic E-state index is 11.8. The van der Waals surface area contributed by atoms with E-state index in [9.17, 15) is 4.79 Å². The summed E-state index contributed by atoms with van der Waals surface area (Å²) in [5, 5.41) is 2.81. The van der Waals surface area contributed by atoms with E-state index < -0.39 is 0 Å². The number of aromatic nitrogens is 2. The average molecular weight is 236 g/mol. The van der Waals surface area contributed by atoms with Gasteiger partial charge in [0.15, 0.2) is 0 Å². The molecule has 0 radical (unpaired) electrons.